The van der Waals surface area contributed by atoms with Gasteiger partial charge < -0.3 is 15.0 Å². The van der Waals surface area contributed by atoms with Gasteiger partial charge in [0, 0.05) is 22.9 Å². The highest BCUT2D eigenvalue weighted by molar-refractivity contribution is 14.1. The Bertz CT molecular complexity index is 356. The average Bonchev–Trinajstić information content (AvgIpc) is 2.65. The second-order valence-corrected chi connectivity index (χ2v) is 5.00. The quantitative estimate of drug-likeness (QED) is 0.765. The SMILES string of the molecule is O=C(c1cc(I)c[nH]1)N1CCC(O)CC1. The van der Waals surface area contributed by atoms with Gasteiger partial charge in [0.05, 0.1) is 6.10 Å². The van der Waals surface area contributed by atoms with E-state index in [0.717, 1.165) is 3.57 Å². The highest BCUT2D eigenvalue weighted by Crippen LogP contribution is 2.14. The Kier molecular flexibility index (Phi) is 3.30. The fourth-order valence-corrected chi connectivity index (χ4v) is 2.20. The Labute approximate surface area is 102 Å². The fourth-order valence-electron chi connectivity index (χ4n) is 1.73. The minimum absolute atomic E-state index is 0.0322. The number of carbonyl (C=O) groups excluding carboxylic acids is 1. The van der Waals surface area contributed by atoms with Crippen LogP contribution in [0.25, 0.3) is 0 Å². The second-order valence-electron chi connectivity index (χ2n) is 3.75. The van der Waals surface area contributed by atoms with Crippen molar-refractivity contribution in [3.8, 4) is 0 Å². The van der Waals surface area contributed by atoms with E-state index in [9.17, 15) is 9.90 Å². The first-order valence-corrected chi connectivity index (χ1v) is 6.06. The zero-order chi connectivity index (χ0) is 10.8. The van der Waals surface area contributed by atoms with Gasteiger partial charge in [-0.05, 0) is 41.5 Å². The molecule has 0 aliphatic carbocycles. The van der Waals surface area contributed by atoms with E-state index < -0.39 is 0 Å². The Hall–Kier alpha value is -0.560. The fraction of sp³-hybridized carbons (Fsp3) is 0.500. The summed E-state index contributed by atoms with van der Waals surface area (Å²) in [7, 11) is 0. The lowest BCUT2D eigenvalue weighted by molar-refractivity contribution is 0.0542. The van der Waals surface area contributed by atoms with E-state index in [-0.39, 0.29) is 12.0 Å². The van der Waals surface area contributed by atoms with Crippen molar-refractivity contribution in [2.75, 3.05) is 13.1 Å². The smallest absolute Gasteiger partial charge is 0.270 e. The predicted octanol–water partition coefficient (Wildman–Crippen LogP) is 1.22. The molecule has 1 aliphatic rings. The second kappa shape index (κ2) is 4.52. The van der Waals surface area contributed by atoms with Crippen LogP contribution in [0.3, 0.4) is 0 Å². The summed E-state index contributed by atoms with van der Waals surface area (Å²) in [5, 5.41) is 9.34. The number of nitrogens with zero attached hydrogens (tertiary/aromatic N) is 1. The van der Waals surface area contributed by atoms with Gasteiger partial charge >= 0.3 is 0 Å². The van der Waals surface area contributed by atoms with Crippen molar-refractivity contribution < 1.29 is 9.90 Å². The number of hydrogen-bond acceptors (Lipinski definition) is 2. The number of H-pyrrole nitrogens is 1. The van der Waals surface area contributed by atoms with Gasteiger partial charge in [0.1, 0.15) is 5.69 Å². The first-order valence-electron chi connectivity index (χ1n) is 4.98. The number of aliphatic hydroxyl groups excluding tert-OH is 1. The molecule has 15 heavy (non-hydrogen) atoms. The van der Waals surface area contributed by atoms with Crippen molar-refractivity contribution >= 4 is 28.5 Å². The first kappa shape index (κ1) is 10.9. The van der Waals surface area contributed by atoms with Gasteiger partial charge in [-0.3, -0.25) is 4.79 Å². The average molecular weight is 320 g/mol. The molecular formula is C10H13IN2O2. The normalized spacial score (nSPS) is 18.1. The largest absolute Gasteiger partial charge is 0.393 e. The number of nitrogens with one attached hydrogen (secondary N) is 1. The summed E-state index contributed by atoms with van der Waals surface area (Å²) in [5.41, 5.74) is 0.635. The molecule has 2 N–H and O–H groups in total. The molecule has 1 aromatic rings. The van der Waals surface area contributed by atoms with Crippen molar-refractivity contribution in [1.29, 1.82) is 0 Å². The van der Waals surface area contributed by atoms with Crippen LogP contribution >= 0.6 is 22.6 Å². The summed E-state index contributed by atoms with van der Waals surface area (Å²) < 4.78 is 1.04. The Morgan fingerprint density at radius 1 is 1.53 bits per heavy atom. The van der Waals surface area contributed by atoms with Gasteiger partial charge in [-0.25, -0.2) is 0 Å². The highest BCUT2D eigenvalue weighted by atomic mass is 127. The molecule has 0 atom stereocenters. The lowest BCUT2D eigenvalue weighted by Gasteiger charge is -2.29. The minimum Gasteiger partial charge on any atom is -0.393 e. The number of rotatable bonds is 1. The van der Waals surface area contributed by atoms with E-state index >= 15 is 0 Å². The standard InChI is InChI=1S/C10H13IN2O2/c11-7-5-9(12-6-7)10(15)13-3-1-8(14)2-4-13/h5-6,8,12,14H,1-4H2. The van der Waals surface area contributed by atoms with Crippen LogP contribution in [0.15, 0.2) is 12.3 Å². The van der Waals surface area contributed by atoms with Crippen LogP contribution in [0.2, 0.25) is 0 Å². The number of hydrogen-bond donors (Lipinski definition) is 2. The number of piperidine rings is 1. The molecule has 0 bridgehead atoms. The molecule has 4 nitrogen and oxygen atoms in total. The molecule has 2 heterocycles. The van der Waals surface area contributed by atoms with Crippen LogP contribution in [0, 0.1) is 3.57 Å². The number of carbonyl (C=O) groups is 1. The number of amides is 1. The van der Waals surface area contributed by atoms with E-state index in [1.807, 2.05) is 12.3 Å². The van der Waals surface area contributed by atoms with E-state index in [0.29, 0.717) is 31.6 Å². The molecule has 82 valence electrons. The van der Waals surface area contributed by atoms with Gasteiger partial charge in [-0.15, -0.1) is 0 Å². The summed E-state index contributed by atoms with van der Waals surface area (Å²) in [6, 6.07) is 1.84. The van der Waals surface area contributed by atoms with Crippen LogP contribution in [0.1, 0.15) is 23.3 Å². The van der Waals surface area contributed by atoms with E-state index in [1.54, 1.807) is 4.90 Å². The molecular weight excluding hydrogens is 307 g/mol. The van der Waals surface area contributed by atoms with Crippen molar-refractivity contribution in [3.63, 3.8) is 0 Å². The molecule has 2 rings (SSSR count). The molecule has 0 unspecified atom stereocenters. The summed E-state index contributed by atoms with van der Waals surface area (Å²) in [4.78, 5) is 16.7. The number of halogens is 1. The molecule has 1 saturated heterocycles. The van der Waals surface area contributed by atoms with Crippen molar-refractivity contribution in [2.45, 2.75) is 18.9 Å². The van der Waals surface area contributed by atoms with E-state index in [2.05, 4.69) is 27.6 Å². The Morgan fingerprint density at radius 2 is 2.20 bits per heavy atom. The van der Waals surface area contributed by atoms with Gasteiger partial charge in [-0.2, -0.15) is 0 Å². The van der Waals surface area contributed by atoms with Crippen molar-refractivity contribution in [2.24, 2.45) is 0 Å². The Balaban J connectivity index is 2.02. The molecule has 1 fully saturated rings. The van der Waals surface area contributed by atoms with E-state index in [1.165, 1.54) is 0 Å². The van der Waals surface area contributed by atoms with E-state index in [4.69, 9.17) is 0 Å². The molecule has 1 amide bonds. The highest BCUT2D eigenvalue weighted by Gasteiger charge is 2.22. The summed E-state index contributed by atoms with van der Waals surface area (Å²) >= 11 is 2.17. The Morgan fingerprint density at radius 3 is 2.73 bits per heavy atom. The molecule has 0 radical (unpaired) electrons. The summed E-state index contributed by atoms with van der Waals surface area (Å²) in [6.07, 6.45) is 2.94. The number of aliphatic hydroxyl groups is 1. The maximum absolute atomic E-state index is 11.9. The number of aromatic amines is 1. The molecule has 0 aromatic carbocycles. The zero-order valence-corrected chi connectivity index (χ0v) is 10.4. The maximum Gasteiger partial charge on any atom is 0.270 e. The summed E-state index contributed by atoms with van der Waals surface area (Å²) in [5.74, 6) is 0.0322. The monoisotopic (exact) mass is 320 g/mol. The first-order chi connectivity index (χ1) is 7.16. The van der Waals surface area contributed by atoms with Crippen LogP contribution in [-0.2, 0) is 0 Å². The van der Waals surface area contributed by atoms with Crippen LogP contribution in [0.4, 0.5) is 0 Å². The lowest BCUT2D eigenvalue weighted by Crippen LogP contribution is -2.40. The minimum atomic E-state index is -0.238. The van der Waals surface area contributed by atoms with Gasteiger partial charge in [0.15, 0.2) is 0 Å². The molecule has 1 aliphatic heterocycles. The van der Waals surface area contributed by atoms with Gasteiger partial charge in [0.2, 0.25) is 0 Å². The number of aromatic nitrogens is 1. The van der Waals surface area contributed by atoms with Crippen LogP contribution in [0.5, 0.6) is 0 Å². The van der Waals surface area contributed by atoms with Crippen LogP contribution < -0.4 is 0 Å². The van der Waals surface area contributed by atoms with Gasteiger partial charge in [0.25, 0.3) is 5.91 Å². The van der Waals surface area contributed by atoms with Gasteiger partial charge in [-0.1, -0.05) is 0 Å². The molecule has 1 aromatic heterocycles. The van der Waals surface area contributed by atoms with Crippen molar-refractivity contribution in [3.05, 3.63) is 21.5 Å². The topological polar surface area (TPSA) is 56.3 Å². The summed E-state index contributed by atoms with van der Waals surface area (Å²) in [6.45, 7) is 1.30. The predicted molar refractivity (Wildman–Crippen MR) is 64.7 cm³/mol. The molecule has 0 saturated carbocycles. The third-order valence-electron chi connectivity index (χ3n) is 2.63. The molecule has 5 heteroatoms. The van der Waals surface area contributed by atoms with Crippen LogP contribution in [-0.4, -0.2) is 40.1 Å². The third kappa shape index (κ3) is 2.52. The zero-order valence-electron chi connectivity index (χ0n) is 8.24. The molecule has 0 spiro atoms. The maximum atomic E-state index is 11.9. The number of likely N-dealkylation sites (tertiary alicyclic amines) is 1. The lowest BCUT2D eigenvalue weighted by atomic mass is 10.1. The third-order valence-corrected chi connectivity index (χ3v) is 3.25. The van der Waals surface area contributed by atoms with Crippen molar-refractivity contribution in [1.82, 2.24) is 9.88 Å².